The summed E-state index contributed by atoms with van der Waals surface area (Å²) in [4.78, 5) is 6.42. The fourth-order valence-electron chi connectivity index (χ4n) is 2.87. The van der Waals surface area contributed by atoms with Gasteiger partial charge >= 0.3 is 0 Å². The van der Waals surface area contributed by atoms with Crippen molar-refractivity contribution in [3.8, 4) is 17.5 Å². The predicted octanol–water partition coefficient (Wildman–Crippen LogP) is 3.14. The van der Waals surface area contributed by atoms with Crippen molar-refractivity contribution in [2.45, 2.75) is 33.0 Å². The first-order chi connectivity index (χ1) is 10.6. The molecule has 0 saturated carbocycles. The predicted molar refractivity (Wildman–Crippen MR) is 83.6 cm³/mol. The molecule has 0 N–H and O–H groups in total. The summed E-state index contributed by atoms with van der Waals surface area (Å²) >= 11 is 0. The number of oxazole rings is 1. The lowest BCUT2D eigenvalue weighted by Crippen LogP contribution is -2.45. The molecule has 1 aromatic carbocycles. The number of aromatic nitrogens is 1. The minimum atomic E-state index is 0.0994. The molecule has 1 aliphatic rings. The number of hydrogen-bond donors (Lipinski definition) is 0. The Kier molecular flexibility index (Phi) is 3.86. The molecule has 0 bridgehead atoms. The van der Waals surface area contributed by atoms with E-state index in [9.17, 15) is 5.26 Å². The van der Waals surface area contributed by atoms with Gasteiger partial charge in [-0.15, -0.1) is 0 Å². The van der Waals surface area contributed by atoms with E-state index in [0.29, 0.717) is 30.6 Å². The topological polar surface area (TPSA) is 62.3 Å². The smallest absolute Gasteiger partial charge is 0.235 e. The molecule has 0 aliphatic carbocycles. The van der Waals surface area contributed by atoms with Crippen LogP contribution in [-0.4, -0.2) is 30.3 Å². The summed E-state index contributed by atoms with van der Waals surface area (Å²) in [6.07, 6.45) is 0.199. The summed E-state index contributed by atoms with van der Waals surface area (Å²) in [5.41, 5.74) is 2.32. The standard InChI is InChI=1S/C17H19N3O2/c1-11-6-4-5-7-14(11)16-19-15(8-18)17(22-16)20-9-12(2)21-13(3)10-20/h4-7,12-13H,9-10H2,1-3H3/t12-,13+. The Morgan fingerprint density at radius 1 is 1.23 bits per heavy atom. The van der Waals surface area contributed by atoms with Crippen molar-refractivity contribution in [3.63, 3.8) is 0 Å². The van der Waals surface area contributed by atoms with Gasteiger partial charge in [0.2, 0.25) is 17.5 Å². The lowest BCUT2D eigenvalue weighted by molar-refractivity contribution is -0.00638. The molecule has 0 radical (unpaired) electrons. The Morgan fingerprint density at radius 3 is 2.55 bits per heavy atom. The number of aryl methyl sites for hydroxylation is 1. The first-order valence-corrected chi connectivity index (χ1v) is 7.46. The molecule has 22 heavy (non-hydrogen) atoms. The molecule has 2 heterocycles. The first-order valence-electron chi connectivity index (χ1n) is 7.46. The van der Waals surface area contributed by atoms with Crippen molar-refractivity contribution < 1.29 is 9.15 Å². The van der Waals surface area contributed by atoms with E-state index in [0.717, 1.165) is 11.1 Å². The first kappa shape index (κ1) is 14.6. The Balaban J connectivity index is 1.99. The third kappa shape index (κ3) is 2.70. The van der Waals surface area contributed by atoms with Crippen LogP contribution in [0.2, 0.25) is 0 Å². The second-order valence-corrected chi connectivity index (χ2v) is 5.76. The Labute approximate surface area is 130 Å². The van der Waals surface area contributed by atoms with Gasteiger partial charge in [0.05, 0.1) is 12.2 Å². The van der Waals surface area contributed by atoms with E-state index in [1.165, 1.54) is 0 Å². The second kappa shape index (κ2) is 5.82. The highest BCUT2D eigenvalue weighted by atomic mass is 16.5. The van der Waals surface area contributed by atoms with Crippen LogP contribution >= 0.6 is 0 Å². The van der Waals surface area contributed by atoms with Crippen molar-refractivity contribution in [2.24, 2.45) is 0 Å². The minimum absolute atomic E-state index is 0.0994. The fraction of sp³-hybridized carbons (Fsp3) is 0.412. The lowest BCUT2D eigenvalue weighted by Gasteiger charge is -2.34. The average Bonchev–Trinajstić information content (AvgIpc) is 2.91. The maximum absolute atomic E-state index is 9.38. The van der Waals surface area contributed by atoms with E-state index < -0.39 is 0 Å². The quantitative estimate of drug-likeness (QED) is 0.852. The van der Waals surface area contributed by atoms with E-state index in [2.05, 4.69) is 11.1 Å². The van der Waals surface area contributed by atoms with Crippen LogP contribution in [0.15, 0.2) is 28.7 Å². The van der Waals surface area contributed by atoms with E-state index in [1.807, 2.05) is 49.9 Å². The molecule has 2 atom stereocenters. The highest BCUT2D eigenvalue weighted by molar-refractivity contribution is 5.62. The van der Waals surface area contributed by atoms with Gasteiger partial charge in [0, 0.05) is 18.7 Å². The van der Waals surface area contributed by atoms with Crippen LogP contribution in [0.4, 0.5) is 5.88 Å². The van der Waals surface area contributed by atoms with Crippen molar-refractivity contribution >= 4 is 5.88 Å². The largest absolute Gasteiger partial charge is 0.419 e. The maximum atomic E-state index is 9.38. The number of benzene rings is 1. The minimum Gasteiger partial charge on any atom is -0.419 e. The number of morpholine rings is 1. The summed E-state index contributed by atoms with van der Waals surface area (Å²) < 4.78 is 11.7. The number of nitriles is 1. The Bertz CT molecular complexity index is 707. The van der Waals surface area contributed by atoms with E-state index in [4.69, 9.17) is 9.15 Å². The van der Waals surface area contributed by atoms with Gasteiger partial charge in [0.1, 0.15) is 6.07 Å². The van der Waals surface area contributed by atoms with Crippen LogP contribution in [-0.2, 0) is 4.74 Å². The monoisotopic (exact) mass is 297 g/mol. The van der Waals surface area contributed by atoms with Gasteiger partial charge in [-0.1, -0.05) is 18.2 Å². The van der Waals surface area contributed by atoms with E-state index >= 15 is 0 Å². The van der Waals surface area contributed by atoms with E-state index in [-0.39, 0.29) is 12.2 Å². The number of ether oxygens (including phenoxy) is 1. The molecule has 5 nitrogen and oxygen atoms in total. The van der Waals surface area contributed by atoms with Crippen molar-refractivity contribution in [1.29, 1.82) is 5.26 Å². The molecule has 1 aliphatic heterocycles. The van der Waals surface area contributed by atoms with Crippen LogP contribution in [0, 0.1) is 18.3 Å². The van der Waals surface area contributed by atoms with Gasteiger partial charge in [-0.05, 0) is 32.4 Å². The summed E-state index contributed by atoms with van der Waals surface area (Å²) in [5.74, 6) is 1.04. The lowest BCUT2D eigenvalue weighted by atomic mass is 10.1. The SMILES string of the molecule is Cc1ccccc1-c1nc(C#N)c(N2C[C@@H](C)O[C@@H](C)C2)o1. The third-order valence-corrected chi connectivity index (χ3v) is 3.80. The molecule has 1 fully saturated rings. The zero-order valence-electron chi connectivity index (χ0n) is 13.0. The molecular weight excluding hydrogens is 278 g/mol. The normalized spacial score (nSPS) is 21.6. The molecule has 5 heteroatoms. The third-order valence-electron chi connectivity index (χ3n) is 3.80. The number of rotatable bonds is 2. The van der Waals surface area contributed by atoms with Gasteiger partial charge in [-0.3, -0.25) is 0 Å². The summed E-state index contributed by atoms with van der Waals surface area (Å²) in [6, 6.07) is 10.0. The van der Waals surface area contributed by atoms with Crippen molar-refractivity contribution in [3.05, 3.63) is 35.5 Å². The van der Waals surface area contributed by atoms with Crippen molar-refractivity contribution in [2.75, 3.05) is 18.0 Å². The number of anilines is 1. The molecule has 2 aromatic rings. The molecule has 0 amide bonds. The molecule has 0 unspecified atom stereocenters. The molecule has 0 spiro atoms. The zero-order chi connectivity index (χ0) is 15.7. The molecule has 114 valence electrons. The summed E-state index contributed by atoms with van der Waals surface area (Å²) in [6.45, 7) is 7.44. The van der Waals surface area contributed by atoms with Crippen LogP contribution < -0.4 is 4.90 Å². The van der Waals surface area contributed by atoms with Crippen LogP contribution in [0.3, 0.4) is 0 Å². The van der Waals surface area contributed by atoms with Gasteiger partial charge in [-0.2, -0.15) is 10.2 Å². The van der Waals surface area contributed by atoms with Gasteiger partial charge in [-0.25, -0.2) is 0 Å². The maximum Gasteiger partial charge on any atom is 0.235 e. The van der Waals surface area contributed by atoms with E-state index in [1.54, 1.807) is 0 Å². The zero-order valence-corrected chi connectivity index (χ0v) is 13.0. The van der Waals surface area contributed by atoms with Gasteiger partial charge in [0.15, 0.2) is 0 Å². The van der Waals surface area contributed by atoms with Gasteiger partial charge in [0.25, 0.3) is 0 Å². The molecule has 3 rings (SSSR count). The molecule has 1 saturated heterocycles. The molecular formula is C17H19N3O2. The van der Waals surface area contributed by atoms with Crippen LogP contribution in [0.25, 0.3) is 11.5 Å². The number of hydrogen-bond acceptors (Lipinski definition) is 5. The Morgan fingerprint density at radius 2 is 1.91 bits per heavy atom. The van der Waals surface area contributed by atoms with Crippen LogP contribution in [0.5, 0.6) is 0 Å². The molecule has 1 aromatic heterocycles. The fourth-order valence-corrected chi connectivity index (χ4v) is 2.87. The number of nitrogens with zero attached hydrogens (tertiary/aromatic N) is 3. The highest BCUT2D eigenvalue weighted by Gasteiger charge is 2.28. The average molecular weight is 297 g/mol. The van der Waals surface area contributed by atoms with Gasteiger partial charge < -0.3 is 14.1 Å². The van der Waals surface area contributed by atoms with Crippen LogP contribution in [0.1, 0.15) is 25.1 Å². The van der Waals surface area contributed by atoms with Crippen molar-refractivity contribution in [1.82, 2.24) is 4.98 Å². The summed E-state index contributed by atoms with van der Waals surface area (Å²) in [7, 11) is 0. The Hall–Kier alpha value is -2.32. The highest BCUT2D eigenvalue weighted by Crippen LogP contribution is 2.31. The summed E-state index contributed by atoms with van der Waals surface area (Å²) in [5, 5.41) is 9.38. The second-order valence-electron chi connectivity index (χ2n) is 5.76.